The number of amides is 1. The van der Waals surface area contributed by atoms with E-state index in [0.717, 1.165) is 11.4 Å². The summed E-state index contributed by atoms with van der Waals surface area (Å²) in [4.78, 5) is 13.8. The van der Waals surface area contributed by atoms with Crippen LogP contribution < -0.4 is 10.2 Å². The summed E-state index contributed by atoms with van der Waals surface area (Å²) in [6, 6.07) is 31.9. The molecule has 0 fully saturated rings. The quantitative estimate of drug-likeness (QED) is 0.564. The first-order chi connectivity index (χ1) is 13.3. The molecule has 0 bridgehead atoms. The molecule has 27 heavy (non-hydrogen) atoms. The predicted octanol–water partition coefficient (Wildman–Crippen LogP) is 4.22. The average molecular weight is 350 g/mol. The molecule has 0 saturated carbocycles. The molecule has 3 heteroatoms. The van der Waals surface area contributed by atoms with Gasteiger partial charge in [-0.2, -0.15) is 0 Å². The van der Waals surface area contributed by atoms with E-state index in [4.69, 9.17) is 0 Å². The molecule has 0 unspecified atom stereocenters. The number of nitrogens with zero attached hydrogens (tertiary/aromatic N) is 1. The van der Waals surface area contributed by atoms with Gasteiger partial charge in [0, 0.05) is 17.5 Å². The highest BCUT2D eigenvalue weighted by atomic mass is 16.1. The van der Waals surface area contributed by atoms with Gasteiger partial charge < -0.3 is 5.32 Å². The smallest absolute Gasteiger partial charge is 0.252 e. The molecule has 130 valence electrons. The lowest BCUT2D eigenvalue weighted by molar-refractivity contribution is 0.0958. The van der Waals surface area contributed by atoms with Crippen molar-refractivity contribution >= 4 is 17.3 Å². The van der Waals surface area contributed by atoms with Crippen molar-refractivity contribution in [3.8, 4) is 23.8 Å². The van der Waals surface area contributed by atoms with Gasteiger partial charge in [0.1, 0.15) is 0 Å². The molecule has 0 aromatic heterocycles. The fourth-order valence-electron chi connectivity index (χ4n) is 2.42. The van der Waals surface area contributed by atoms with Crippen molar-refractivity contribution in [1.82, 2.24) is 5.32 Å². The minimum atomic E-state index is -0.145. The molecular weight excluding hydrogens is 332 g/mol. The van der Waals surface area contributed by atoms with Gasteiger partial charge in [0.25, 0.3) is 5.91 Å². The monoisotopic (exact) mass is 350 g/mol. The lowest BCUT2D eigenvalue weighted by Crippen LogP contribution is -2.23. The molecule has 3 aromatic carbocycles. The van der Waals surface area contributed by atoms with Gasteiger partial charge in [0.2, 0.25) is 0 Å². The Hall–Kier alpha value is -3.95. The van der Waals surface area contributed by atoms with E-state index >= 15 is 0 Å². The first-order valence-electron chi connectivity index (χ1n) is 8.56. The lowest BCUT2D eigenvalue weighted by Gasteiger charge is -2.17. The second kappa shape index (κ2) is 9.51. The number of rotatable bonds is 4. The summed E-state index contributed by atoms with van der Waals surface area (Å²) < 4.78 is 0. The maximum Gasteiger partial charge on any atom is 0.252 e. The van der Waals surface area contributed by atoms with Crippen molar-refractivity contribution in [2.75, 3.05) is 11.4 Å². The van der Waals surface area contributed by atoms with Gasteiger partial charge in [-0.25, -0.2) is 0 Å². The number of benzene rings is 3. The summed E-state index contributed by atoms with van der Waals surface area (Å²) in [7, 11) is 0. The highest BCUT2D eigenvalue weighted by Crippen LogP contribution is 2.23. The van der Waals surface area contributed by atoms with Gasteiger partial charge in [0.05, 0.1) is 17.9 Å². The Morgan fingerprint density at radius 1 is 0.741 bits per heavy atom. The third-order valence-corrected chi connectivity index (χ3v) is 3.72. The Balaban J connectivity index is 1.66. The summed E-state index contributed by atoms with van der Waals surface area (Å²) in [6.07, 6.45) is 0. The van der Waals surface area contributed by atoms with Gasteiger partial charge in [-0.3, -0.25) is 9.69 Å². The van der Waals surface area contributed by atoms with Crippen molar-refractivity contribution in [2.24, 2.45) is 0 Å². The fourth-order valence-corrected chi connectivity index (χ4v) is 2.42. The molecule has 0 saturated heterocycles. The molecule has 0 aliphatic rings. The number of carbonyl (C=O) groups excluding carboxylic acids is 1. The van der Waals surface area contributed by atoms with Crippen LogP contribution in [0.25, 0.3) is 0 Å². The van der Waals surface area contributed by atoms with Crippen molar-refractivity contribution in [2.45, 2.75) is 0 Å². The summed E-state index contributed by atoms with van der Waals surface area (Å²) in [5.74, 6) is 8.37. The number of anilines is 2. The van der Waals surface area contributed by atoms with Crippen molar-refractivity contribution in [1.29, 1.82) is 0 Å². The lowest BCUT2D eigenvalue weighted by atomic mass is 10.2. The van der Waals surface area contributed by atoms with E-state index in [1.54, 1.807) is 12.1 Å². The van der Waals surface area contributed by atoms with Gasteiger partial charge in [-0.05, 0) is 42.3 Å². The van der Waals surface area contributed by atoms with Crippen LogP contribution in [0.5, 0.6) is 0 Å². The standard InChI is InChI=1S/C24H18N2O/c27-24(21-13-5-1-6-14-21)25-19-11-4-12-20-26(22-15-7-2-8-16-22)23-17-9-3-10-18-23/h1-3,5-10,13-18H,19H2,(H,25,27). The highest BCUT2D eigenvalue weighted by Gasteiger charge is 2.05. The predicted molar refractivity (Wildman–Crippen MR) is 109 cm³/mol. The van der Waals surface area contributed by atoms with E-state index in [9.17, 15) is 4.79 Å². The van der Waals surface area contributed by atoms with E-state index < -0.39 is 0 Å². The minimum Gasteiger partial charge on any atom is -0.341 e. The molecule has 0 aliphatic carbocycles. The Morgan fingerprint density at radius 3 is 1.81 bits per heavy atom. The molecule has 3 rings (SSSR count). The summed E-state index contributed by atoms with van der Waals surface area (Å²) in [5.41, 5.74) is 2.55. The van der Waals surface area contributed by atoms with Crippen molar-refractivity contribution < 1.29 is 4.79 Å². The van der Waals surface area contributed by atoms with Crippen LogP contribution in [-0.4, -0.2) is 12.5 Å². The van der Waals surface area contributed by atoms with Crippen LogP contribution in [0.3, 0.4) is 0 Å². The number of para-hydroxylation sites is 2. The summed E-state index contributed by atoms with van der Waals surface area (Å²) >= 11 is 0. The SMILES string of the molecule is O=C(NCC#CC#CN(c1ccccc1)c1ccccc1)c1ccccc1. The molecular formula is C24H18N2O. The first-order valence-corrected chi connectivity index (χ1v) is 8.56. The highest BCUT2D eigenvalue weighted by molar-refractivity contribution is 5.94. The van der Waals surface area contributed by atoms with Crippen LogP contribution in [0.15, 0.2) is 91.0 Å². The van der Waals surface area contributed by atoms with Crippen LogP contribution in [0.4, 0.5) is 11.4 Å². The third kappa shape index (κ3) is 5.26. The zero-order chi connectivity index (χ0) is 18.7. The number of hydrogen-bond acceptors (Lipinski definition) is 2. The molecule has 0 spiro atoms. The number of hydrogen-bond donors (Lipinski definition) is 1. The maximum atomic E-state index is 11.9. The molecule has 3 aromatic rings. The Labute approximate surface area is 159 Å². The summed E-state index contributed by atoms with van der Waals surface area (Å²) in [6.45, 7) is 0.249. The van der Waals surface area contributed by atoms with E-state index in [1.807, 2.05) is 83.8 Å². The second-order valence-corrected chi connectivity index (χ2v) is 5.59. The van der Waals surface area contributed by atoms with Crippen LogP contribution in [0.2, 0.25) is 0 Å². The molecule has 0 heterocycles. The van der Waals surface area contributed by atoms with Gasteiger partial charge >= 0.3 is 0 Å². The Morgan fingerprint density at radius 2 is 1.26 bits per heavy atom. The largest absolute Gasteiger partial charge is 0.341 e. The molecule has 1 amide bonds. The number of nitrogens with one attached hydrogen (secondary N) is 1. The van der Waals surface area contributed by atoms with Gasteiger partial charge in [-0.15, -0.1) is 0 Å². The van der Waals surface area contributed by atoms with Gasteiger partial charge in [0.15, 0.2) is 0 Å². The maximum absolute atomic E-state index is 11.9. The average Bonchev–Trinajstić information content (AvgIpc) is 2.75. The first kappa shape index (κ1) is 17.9. The van der Waals surface area contributed by atoms with E-state index in [1.165, 1.54) is 0 Å². The zero-order valence-corrected chi connectivity index (χ0v) is 14.7. The molecule has 0 atom stereocenters. The van der Waals surface area contributed by atoms with E-state index in [0.29, 0.717) is 5.56 Å². The van der Waals surface area contributed by atoms with Crippen LogP contribution in [0, 0.1) is 23.8 Å². The fraction of sp³-hybridized carbons (Fsp3) is 0.0417. The molecule has 1 N–H and O–H groups in total. The molecule has 0 radical (unpaired) electrons. The topological polar surface area (TPSA) is 32.3 Å². The van der Waals surface area contributed by atoms with E-state index in [-0.39, 0.29) is 12.5 Å². The summed E-state index contributed by atoms with van der Waals surface area (Å²) in [5, 5.41) is 2.76. The van der Waals surface area contributed by atoms with Crippen LogP contribution in [-0.2, 0) is 0 Å². The molecule has 3 nitrogen and oxygen atoms in total. The third-order valence-electron chi connectivity index (χ3n) is 3.72. The number of carbonyl (C=O) groups is 1. The Kier molecular flexibility index (Phi) is 6.29. The zero-order valence-electron chi connectivity index (χ0n) is 14.7. The Bertz CT molecular complexity index is 952. The van der Waals surface area contributed by atoms with Crippen molar-refractivity contribution in [3.63, 3.8) is 0 Å². The minimum absolute atomic E-state index is 0.145. The van der Waals surface area contributed by atoms with Gasteiger partial charge in [-0.1, -0.05) is 60.5 Å². The second-order valence-electron chi connectivity index (χ2n) is 5.59. The normalized spacial score (nSPS) is 9.19. The van der Waals surface area contributed by atoms with Crippen LogP contribution >= 0.6 is 0 Å². The van der Waals surface area contributed by atoms with Crippen molar-refractivity contribution in [3.05, 3.63) is 96.6 Å². The van der Waals surface area contributed by atoms with E-state index in [2.05, 4.69) is 29.1 Å². The molecule has 0 aliphatic heterocycles. The van der Waals surface area contributed by atoms with Crippen LogP contribution in [0.1, 0.15) is 10.4 Å².